The van der Waals surface area contributed by atoms with Gasteiger partial charge in [0.05, 0.1) is 11.9 Å². The Morgan fingerprint density at radius 1 is 0.955 bits per heavy atom. The van der Waals surface area contributed by atoms with Gasteiger partial charge in [-0.2, -0.15) is 4.98 Å². The highest BCUT2D eigenvalue weighted by molar-refractivity contribution is 5.50. The van der Waals surface area contributed by atoms with Crippen LogP contribution in [0.3, 0.4) is 0 Å². The quantitative estimate of drug-likeness (QED) is 0.567. The first-order valence-electron chi connectivity index (χ1n) is 6.48. The lowest BCUT2D eigenvalue weighted by molar-refractivity contribution is 0.429. The van der Waals surface area contributed by atoms with E-state index in [9.17, 15) is 0 Å². The number of para-hydroxylation sites is 1. The average Bonchev–Trinajstić information content (AvgIpc) is 3.26. The third-order valence-electron chi connectivity index (χ3n) is 2.92. The lowest BCUT2D eigenvalue weighted by Gasteiger charge is -1.97. The van der Waals surface area contributed by atoms with E-state index in [1.807, 2.05) is 30.3 Å². The number of benzene rings is 1. The van der Waals surface area contributed by atoms with Crippen molar-refractivity contribution in [3.8, 4) is 28.9 Å². The molecule has 8 nitrogen and oxygen atoms in total. The van der Waals surface area contributed by atoms with Crippen LogP contribution in [0.2, 0.25) is 0 Å². The molecule has 0 aliphatic heterocycles. The van der Waals surface area contributed by atoms with Crippen molar-refractivity contribution in [1.29, 1.82) is 0 Å². The summed E-state index contributed by atoms with van der Waals surface area (Å²) >= 11 is 0. The lowest BCUT2D eigenvalue weighted by atomic mass is 10.3. The molecule has 8 heteroatoms. The topological polar surface area (TPSA) is 95.4 Å². The molecule has 0 atom stereocenters. The van der Waals surface area contributed by atoms with Gasteiger partial charge in [0.2, 0.25) is 11.6 Å². The van der Waals surface area contributed by atoms with Crippen LogP contribution in [-0.4, -0.2) is 34.9 Å². The Morgan fingerprint density at radius 2 is 1.86 bits per heavy atom. The van der Waals surface area contributed by atoms with Gasteiger partial charge in [-0.3, -0.25) is 4.98 Å². The SMILES string of the molecule is c1ccc(-n2cnc(-c3nc(-c4cnccn4)no3)n2)cc1. The molecular weight excluding hydrogens is 282 g/mol. The number of rotatable bonds is 3. The van der Waals surface area contributed by atoms with Crippen molar-refractivity contribution < 1.29 is 4.52 Å². The van der Waals surface area contributed by atoms with Crippen molar-refractivity contribution in [2.24, 2.45) is 0 Å². The summed E-state index contributed by atoms with van der Waals surface area (Å²) in [5.74, 6) is 0.931. The molecule has 0 spiro atoms. The van der Waals surface area contributed by atoms with Crippen LogP contribution in [0, 0.1) is 0 Å². The molecule has 0 aliphatic rings. The van der Waals surface area contributed by atoms with Crippen molar-refractivity contribution in [1.82, 2.24) is 34.9 Å². The van der Waals surface area contributed by atoms with E-state index in [4.69, 9.17) is 4.52 Å². The molecule has 4 rings (SSSR count). The fraction of sp³-hybridized carbons (Fsp3) is 0. The van der Waals surface area contributed by atoms with Crippen molar-refractivity contribution in [2.75, 3.05) is 0 Å². The molecular formula is C14H9N7O. The molecule has 0 aliphatic carbocycles. The highest BCUT2D eigenvalue weighted by Crippen LogP contribution is 2.17. The second-order valence-corrected chi connectivity index (χ2v) is 4.36. The smallest absolute Gasteiger partial charge is 0.297 e. The van der Waals surface area contributed by atoms with Gasteiger partial charge in [0, 0.05) is 12.4 Å². The summed E-state index contributed by atoms with van der Waals surface area (Å²) < 4.78 is 6.83. The minimum Gasteiger partial charge on any atom is -0.330 e. The molecule has 3 aromatic heterocycles. The Hall–Kier alpha value is -3.42. The number of hydrogen-bond acceptors (Lipinski definition) is 7. The van der Waals surface area contributed by atoms with Gasteiger partial charge in [-0.25, -0.2) is 14.6 Å². The standard InChI is InChI=1S/C14H9N7O/c1-2-4-10(5-3-1)21-9-17-13(19-21)14-18-12(20-22-14)11-8-15-6-7-16-11/h1-9H. The summed E-state index contributed by atoms with van der Waals surface area (Å²) in [5.41, 5.74) is 1.43. The van der Waals surface area contributed by atoms with Crippen molar-refractivity contribution in [3.63, 3.8) is 0 Å². The molecule has 0 N–H and O–H groups in total. The van der Waals surface area contributed by atoms with E-state index in [1.54, 1.807) is 29.6 Å². The zero-order valence-electron chi connectivity index (χ0n) is 11.2. The van der Waals surface area contributed by atoms with E-state index in [1.165, 1.54) is 0 Å². The highest BCUT2D eigenvalue weighted by Gasteiger charge is 2.15. The van der Waals surface area contributed by atoms with Crippen LogP contribution in [0.4, 0.5) is 0 Å². The number of hydrogen-bond donors (Lipinski definition) is 0. The van der Waals surface area contributed by atoms with Crippen LogP contribution in [0.15, 0.2) is 59.8 Å². The highest BCUT2D eigenvalue weighted by atomic mass is 16.5. The summed E-state index contributed by atoms with van der Waals surface area (Å²) in [6.45, 7) is 0. The maximum atomic E-state index is 5.19. The molecule has 0 bridgehead atoms. The second-order valence-electron chi connectivity index (χ2n) is 4.36. The van der Waals surface area contributed by atoms with Crippen molar-refractivity contribution in [3.05, 3.63) is 55.2 Å². The van der Waals surface area contributed by atoms with Crippen LogP contribution in [0.25, 0.3) is 28.9 Å². The van der Waals surface area contributed by atoms with Crippen LogP contribution >= 0.6 is 0 Å². The average molecular weight is 291 g/mol. The van der Waals surface area contributed by atoms with Gasteiger partial charge in [0.25, 0.3) is 5.89 Å². The molecule has 0 amide bonds. The van der Waals surface area contributed by atoms with E-state index < -0.39 is 0 Å². The largest absolute Gasteiger partial charge is 0.330 e. The second kappa shape index (κ2) is 5.17. The van der Waals surface area contributed by atoms with Crippen LogP contribution in [-0.2, 0) is 0 Å². The first-order valence-corrected chi connectivity index (χ1v) is 6.48. The van der Waals surface area contributed by atoms with E-state index >= 15 is 0 Å². The van der Waals surface area contributed by atoms with Crippen LogP contribution < -0.4 is 0 Å². The fourth-order valence-corrected chi connectivity index (χ4v) is 1.90. The minimum absolute atomic E-state index is 0.232. The van der Waals surface area contributed by atoms with E-state index in [2.05, 4.69) is 30.2 Å². The van der Waals surface area contributed by atoms with E-state index in [0.29, 0.717) is 17.3 Å². The zero-order valence-corrected chi connectivity index (χ0v) is 11.2. The predicted molar refractivity (Wildman–Crippen MR) is 75.7 cm³/mol. The molecule has 3 heterocycles. The first kappa shape index (κ1) is 12.3. The van der Waals surface area contributed by atoms with Gasteiger partial charge in [0.15, 0.2) is 0 Å². The summed E-state index contributed by atoms with van der Waals surface area (Å²) in [5, 5.41) is 8.20. The van der Waals surface area contributed by atoms with E-state index in [0.717, 1.165) is 5.69 Å². The maximum Gasteiger partial charge on any atom is 0.297 e. The Morgan fingerprint density at radius 3 is 2.68 bits per heavy atom. The normalized spacial score (nSPS) is 10.7. The number of nitrogens with zero attached hydrogens (tertiary/aromatic N) is 7. The predicted octanol–water partition coefficient (Wildman–Crippen LogP) is 1.77. The van der Waals surface area contributed by atoms with Crippen molar-refractivity contribution >= 4 is 0 Å². The third-order valence-corrected chi connectivity index (χ3v) is 2.92. The lowest BCUT2D eigenvalue weighted by Crippen LogP contribution is -1.94. The summed E-state index contributed by atoms with van der Waals surface area (Å²) in [7, 11) is 0. The van der Waals surface area contributed by atoms with E-state index in [-0.39, 0.29) is 5.89 Å². The maximum absolute atomic E-state index is 5.19. The first-order chi connectivity index (χ1) is 10.9. The Balaban J connectivity index is 1.66. The molecule has 0 saturated carbocycles. The molecule has 0 saturated heterocycles. The molecule has 4 aromatic rings. The van der Waals surface area contributed by atoms with Gasteiger partial charge in [-0.1, -0.05) is 23.4 Å². The monoisotopic (exact) mass is 291 g/mol. The molecule has 106 valence electrons. The fourth-order valence-electron chi connectivity index (χ4n) is 1.90. The summed E-state index contributed by atoms with van der Waals surface area (Å²) in [4.78, 5) is 16.5. The molecule has 0 radical (unpaired) electrons. The number of aromatic nitrogens is 7. The Bertz CT molecular complexity index is 810. The summed E-state index contributed by atoms with van der Waals surface area (Å²) in [6.07, 6.45) is 6.29. The van der Waals surface area contributed by atoms with Crippen molar-refractivity contribution in [2.45, 2.75) is 0 Å². The molecule has 0 unspecified atom stereocenters. The van der Waals surface area contributed by atoms with Crippen LogP contribution in [0.1, 0.15) is 0 Å². The molecule has 0 fully saturated rings. The van der Waals surface area contributed by atoms with Gasteiger partial charge >= 0.3 is 0 Å². The van der Waals surface area contributed by atoms with Gasteiger partial charge < -0.3 is 4.52 Å². The Labute approximate surface area is 124 Å². The van der Waals surface area contributed by atoms with Gasteiger partial charge in [-0.05, 0) is 12.1 Å². The molecule has 22 heavy (non-hydrogen) atoms. The zero-order chi connectivity index (χ0) is 14.8. The van der Waals surface area contributed by atoms with Gasteiger partial charge in [-0.15, -0.1) is 5.10 Å². The van der Waals surface area contributed by atoms with Gasteiger partial charge in [0.1, 0.15) is 12.0 Å². The molecule has 1 aromatic carbocycles. The minimum atomic E-state index is 0.232. The summed E-state index contributed by atoms with van der Waals surface area (Å²) in [6, 6.07) is 9.65. The third kappa shape index (κ3) is 2.22. The van der Waals surface area contributed by atoms with Crippen LogP contribution in [0.5, 0.6) is 0 Å². The Kier molecular flexibility index (Phi) is 2.90.